The number of rotatable bonds is 8. The first-order chi connectivity index (χ1) is 12.4. The molecule has 26 heavy (non-hydrogen) atoms. The summed E-state index contributed by atoms with van der Waals surface area (Å²) in [6, 6.07) is 5.95. The first-order valence-corrected chi connectivity index (χ1v) is 9.05. The number of hydrogen-bond donors (Lipinski definition) is 2. The number of carboxylic acid groups (broad SMARTS) is 1. The summed E-state index contributed by atoms with van der Waals surface area (Å²) < 4.78 is 5.29. The molecule has 1 heterocycles. The van der Waals surface area contributed by atoms with Crippen LogP contribution in [0.5, 0.6) is 5.75 Å². The van der Waals surface area contributed by atoms with Crippen molar-refractivity contribution < 1.29 is 19.4 Å². The summed E-state index contributed by atoms with van der Waals surface area (Å²) in [5.41, 5.74) is 1.74. The number of anilines is 1. The Hall–Kier alpha value is -2.12. The summed E-state index contributed by atoms with van der Waals surface area (Å²) in [6.07, 6.45) is 1.75. The highest BCUT2D eigenvalue weighted by Gasteiger charge is 2.26. The van der Waals surface area contributed by atoms with Crippen LogP contribution >= 0.6 is 0 Å². The van der Waals surface area contributed by atoms with Gasteiger partial charge in [-0.2, -0.15) is 0 Å². The maximum Gasteiger partial charge on any atom is 0.317 e. The van der Waals surface area contributed by atoms with Crippen molar-refractivity contribution in [2.24, 2.45) is 0 Å². The molecule has 0 radical (unpaired) electrons. The number of nitrogens with one attached hydrogen (secondary N) is 1. The third-order valence-electron chi connectivity index (χ3n) is 4.81. The van der Waals surface area contributed by atoms with Crippen LogP contribution in [0.1, 0.15) is 25.3 Å². The van der Waals surface area contributed by atoms with Crippen LogP contribution in [0.15, 0.2) is 18.2 Å². The smallest absolute Gasteiger partial charge is 0.317 e. The molecule has 0 spiro atoms. The molecule has 0 bridgehead atoms. The zero-order valence-corrected chi connectivity index (χ0v) is 15.8. The molecule has 1 saturated heterocycles. The minimum atomic E-state index is -0.791. The van der Waals surface area contributed by atoms with Crippen molar-refractivity contribution in [3.8, 4) is 5.75 Å². The molecule has 7 heteroatoms. The number of piperidine rings is 1. The fourth-order valence-corrected chi connectivity index (χ4v) is 3.43. The van der Waals surface area contributed by atoms with E-state index < -0.39 is 5.97 Å². The van der Waals surface area contributed by atoms with Gasteiger partial charge in [0.2, 0.25) is 5.91 Å². The van der Waals surface area contributed by atoms with Crippen molar-refractivity contribution in [1.29, 1.82) is 0 Å². The minimum Gasteiger partial charge on any atom is -0.495 e. The molecule has 1 aliphatic heterocycles. The van der Waals surface area contributed by atoms with Crippen LogP contribution in [-0.2, 0) is 9.59 Å². The number of carboxylic acids is 1. The molecule has 0 aromatic heterocycles. The summed E-state index contributed by atoms with van der Waals surface area (Å²) >= 11 is 0. The largest absolute Gasteiger partial charge is 0.495 e. The quantitative estimate of drug-likeness (QED) is 0.733. The molecule has 1 aliphatic rings. The highest BCUT2D eigenvalue weighted by Crippen LogP contribution is 2.25. The van der Waals surface area contributed by atoms with Gasteiger partial charge in [0.05, 0.1) is 25.9 Å². The molecule has 2 N–H and O–H groups in total. The second-order valence-corrected chi connectivity index (χ2v) is 6.72. The summed E-state index contributed by atoms with van der Waals surface area (Å²) in [5, 5.41) is 11.9. The van der Waals surface area contributed by atoms with E-state index in [2.05, 4.69) is 10.2 Å². The zero-order chi connectivity index (χ0) is 19.1. The SMILES string of the molecule is CCN(CC(=O)O)C1CCN(CC(=O)Nc2cc(C)ccc2OC)CC1. The van der Waals surface area contributed by atoms with Crippen LogP contribution in [0, 0.1) is 6.92 Å². The molecule has 1 fully saturated rings. The van der Waals surface area contributed by atoms with E-state index in [4.69, 9.17) is 9.84 Å². The topological polar surface area (TPSA) is 82.1 Å². The second kappa shape index (κ2) is 9.54. The Bertz CT molecular complexity index is 627. The van der Waals surface area contributed by atoms with Gasteiger partial charge in [-0.3, -0.25) is 19.4 Å². The lowest BCUT2D eigenvalue weighted by Crippen LogP contribution is -2.48. The highest BCUT2D eigenvalue weighted by atomic mass is 16.5. The minimum absolute atomic E-state index is 0.0646. The Balaban J connectivity index is 1.84. The number of hydrogen-bond acceptors (Lipinski definition) is 5. The van der Waals surface area contributed by atoms with Gasteiger partial charge in [0.15, 0.2) is 0 Å². The standard InChI is InChI=1S/C19H29N3O4/c1-4-22(13-19(24)25)15-7-9-21(10-8-15)12-18(23)20-16-11-14(2)5-6-17(16)26-3/h5-6,11,15H,4,7-10,12-13H2,1-3H3,(H,20,23)(H,24,25). The van der Waals surface area contributed by atoms with Gasteiger partial charge in [0, 0.05) is 19.1 Å². The number of carbonyl (C=O) groups is 2. The molecule has 0 aliphatic carbocycles. The van der Waals surface area contributed by atoms with Crippen molar-refractivity contribution in [3.05, 3.63) is 23.8 Å². The van der Waals surface area contributed by atoms with E-state index >= 15 is 0 Å². The first kappa shape index (κ1) is 20.2. The number of benzene rings is 1. The van der Waals surface area contributed by atoms with Crippen LogP contribution in [0.25, 0.3) is 0 Å². The van der Waals surface area contributed by atoms with Crippen molar-refractivity contribution >= 4 is 17.6 Å². The van der Waals surface area contributed by atoms with Gasteiger partial charge >= 0.3 is 5.97 Å². The number of carbonyl (C=O) groups excluding carboxylic acids is 1. The average Bonchev–Trinajstić information content (AvgIpc) is 2.60. The summed E-state index contributed by atoms with van der Waals surface area (Å²) in [6.45, 7) is 6.67. The summed E-state index contributed by atoms with van der Waals surface area (Å²) in [4.78, 5) is 27.4. The molecule has 0 unspecified atom stereocenters. The highest BCUT2D eigenvalue weighted by molar-refractivity contribution is 5.93. The Morgan fingerprint density at radius 2 is 2.04 bits per heavy atom. The number of aryl methyl sites for hydroxylation is 1. The molecule has 0 saturated carbocycles. The van der Waals surface area contributed by atoms with Gasteiger partial charge in [-0.1, -0.05) is 13.0 Å². The number of ether oxygens (including phenoxy) is 1. The molecule has 144 valence electrons. The predicted octanol–water partition coefficient (Wildman–Crippen LogP) is 1.81. The normalized spacial score (nSPS) is 15.8. The van der Waals surface area contributed by atoms with Gasteiger partial charge in [-0.15, -0.1) is 0 Å². The van der Waals surface area contributed by atoms with Gasteiger partial charge < -0.3 is 15.2 Å². The lowest BCUT2D eigenvalue weighted by molar-refractivity contribution is -0.139. The molecular weight excluding hydrogens is 334 g/mol. The van der Waals surface area contributed by atoms with E-state index in [9.17, 15) is 9.59 Å². The zero-order valence-electron chi connectivity index (χ0n) is 15.8. The van der Waals surface area contributed by atoms with E-state index in [-0.39, 0.29) is 18.5 Å². The Morgan fingerprint density at radius 1 is 1.35 bits per heavy atom. The summed E-state index contributed by atoms with van der Waals surface area (Å²) in [5.74, 6) is -0.207. The molecule has 1 amide bonds. The fraction of sp³-hybridized carbons (Fsp3) is 0.579. The van der Waals surface area contributed by atoms with E-state index in [1.807, 2.05) is 36.9 Å². The Kier molecular flexibility index (Phi) is 7.41. The van der Waals surface area contributed by atoms with E-state index in [1.54, 1.807) is 7.11 Å². The lowest BCUT2D eigenvalue weighted by atomic mass is 10.0. The lowest BCUT2D eigenvalue weighted by Gasteiger charge is -2.37. The third-order valence-corrected chi connectivity index (χ3v) is 4.81. The predicted molar refractivity (Wildman–Crippen MR) is 101 cm³/mol. The number of nitrogens with zero attached hydrogens (tertiary/aromatic N) is 2. The van der Waals surface area contributed by atoms with Crippen LogP contribution in [0.3, 0.4) is 0 Å². The van der Waals surface area contributed by atoms with Crippen LogP contribution in [-0.4, -0.2) is 72.7 Å². The fourth-order valence-electron chi connectivity index (χ4n) is 3.43. The Morgan fingerprint density at radius 3 is 2.62 bits per heavy atom. The Labute approximate surface area is 154 Å². The number of methoxy groups -OCH3 is 1. The van der Waals surface area contributed by atoms with Crippen LogP contribution < -0.4 is 10.1 Å². The van der Waals surface area contributed by atoms with Gasteiger partial charge in [0.25, 0.3) is 0 Å². The number of amides is 1. The maximum atomic E-state index is 12.4. The average molecular weight is 363 g/mol. The molecule has 1 aromatic rings. The van der Waals surface area contributed by atoms with Crippen LogP contribution in [0.4, 0.5) is 5.69 Å². The molecule has 0 atom stereocenters. The van der Waals surface area contributed by atoms with E-state index in [1.165, 1.54) is 0 Å². The maximum absolute atomic E-state index is 12.4. The molecule has 1 aromatic carbocycles. The van der Waals surface area contributed by atoms with E-state index in [0.29, 0.717) is 18.0 Å². The number of likely N-dealkylation sites (N-methyl/N-ethyl adjacent to an activating group) is 1. The second-order valence-electron chi connectivity index (χ2n) is 6.72. The van der Waals surface area contributed by atoms with Gasteiger partial charge in [-0.05, 0) is 44.0 Å². The monoisotopic (exact) mass is 363 g/mol. The molecular formula is C19H29N3O4. The van der Waals surface area contributed by atoms with E-state index in [0.717, 1.165) is 38.0 Å². The number of aliphatic carboxylic acids is 1. The summed E-state index contributed by atoms with van der Waals surface area (Å²) in [7, 11) is 1.59. The van der Waals surface area contributed by atoms with Crippen molar-refractivity contribution in [2.75, 3.05) is 45.2 Å². The van der Waals surface area contributed by atoms with Crippen molar-refractivity contribution in [2.45, 2.75) is 32.7 Å². The molecule has 7 nitrogen and oxygen atoms in total. The van der Waals surface area contributed by atoms with Crippen molar-refractivity contribution in [3.63, 3.8) is 0 Å². The first-order valence-electron chi connectivity index (χ1n) is 9.05. The van der Waals surface area contributed by atoms with Crippen molar-refractivity contribution in [1.82, 2.24) is 9.80 Å². The molecule has 2 rings (SSSR count). The van der Waals surface area contributed by atoms with Gasteiger partial charge in [-0.25, -0.2) is 0 Å². The third kappa shape index (κ3) is 5.71. The number of likely N-dealkylation sites (tertiary alicyclic amines) is 1. The van der Waals surface area contributed by atoms with Crippen LogP contribution in [0.2, 0.25) is 0 Å². The van der Waals surface area contributed by atoms with Gasteiger partial charge in [0.1, 0.15) is 5.75 Å².